The summed E-state index contributed by atoms with van der Waals surface area (Å²) in [5.41, 5.74) is 8.01. The van der Waals surface area contributed by atoms with Gasteiger partial charge in [0.15, 0.2) is 0 Å². The predicted octanol–water partition coefficient (Wildman–Crippen LogP) is 2.36. The van der Waals surface area contributed by atoms with Crippen LogP contribution in [0.4, 0.5) is 5.82 Å². The van der Waals surface area contributed by atoms with Crippen LogP contribution in [0.5, 0.6) is 5.88 Å². The van der Waals surface area contributed by atoms with Crippen molar-refractivity contribution in [2.24, 2.45) is 5.73 Å². The first-order chi connectivity index (χ1) is 10.2. The van der Waals surface area contributed by atoms with Gasteiger partial charge in [0.05, 0.1) is 6.61 Å². The molecule has 0 unspecified atom stereocenters. The molecule has 0 atom stereocenters. The fourth-order valence-corrected chi connectivity index (χ4v) is 2.03. The lowest BCUT2D eigenvalue weighted by Crippen LogP contribution is -2.18. The van der Waals surface area contributed by atoms with Gasteiger partial charge in [-0.05, 0) is 17.5 Å². The highest BCUT2D eigenvalue weighted by Crippen LogP contribution is 2.17. The highest BCUT2D eigenvalue weighted by Gasteiger charge is 2.06. The van der Waals surface area contributed by atoms with Crippen molar-refractivity contribution < 1.29 is 4.74 Å². The molecule has 1 aromatic heterocycles. The monoisotopic (exact) mass is 286 g/mol. The second-order valence-electron chi connectivity index (χ2n) is 4.94. The van der Waals surface area contributed by atoms with E-state index >= 15 is 0 Å². The Kier molecular flexibility index (Phi) is 5.51. The lowest BCUT2D eigenvalue weighted by molar-refractivity contribution is 0.304. The molecule has 0 bridgehead atoms. The average Bonchev–Trinajstić information content (AvgIpc) is 2.53. The minimum absolute atomic E-state index is 0.556. The van der Waals surface area contributed by atoms with Crippen molar-refractivity contribution in [2.45, 2.75) is 26.4 Å². The van der Waals surface area contributed by atoms with E-state index in [2.05, 4.69) is 33.9 Å². The number of rotatable bonds is 7. The summed E-state index contributed by atoms with van der Waals surface area (Å²) in [6.07, 6.45) is 2.49. The van der Waals surface area contributed by atoms with Gasteiger partial charge in [-0.25, -0.2) is 9.97 Å². The second kappa shape index (κ2) is 7.59. The zero-order chi connectivity index (χ0) is 15.1. The van der Waals surface area contributed by atoms with Gasteiger partial charge in [-0.15, -0.1) is 0 Å². The Bertz CT molecular complexity index is 574. The fourth-order valence-electron chi connectivity index (χ4n) is 2.03. The highest BCUT2D eigenvalue weighted by atomic mass is 16.5. The Labute approximate surface area is 125 Å². The van der Waals surface area contributed by atoms with Gasteiger partial charge in [-0.2, -0.15) is 0 Å². The lowest BCUT2D eigenvalue weighted by Gasteiger charge is -2.19. The lowest BCUT2D eigenvalue weighted by atomic mass is 10.1. The van der Waals surface area contributed by atoms with Gasteiger partial charge in [0, 0.05) is 26.2 Å². The largest absolute Gasteiger partial charge is 0.478 e. The molecule has 0 aliphatic heterocycles. The Hall–Kier alpha value is -2.14. The maximum atomic E-state index is 5.68. The van der Waals surface area contributed by atoms with Crippen molar-refractivity contribution in [3.63, 3.8) is 0 Å². The number of nitrogens with two attached hydrogens (primary N) is 1. The molecule has 2 aromatic rings. The molecule has 5 nitrogen and oxygen atoms in total. The summed E-state index contributed by atoms with van der Waals surface area (Å²) in [6, 6.07) is 10.1. The van der Waals surface area contributed by atoms with E-state index in [0.29, 0.717) is 19.0 Å². The molecule has 112 valence electrons. The molecule has 0 aliphatic carbocycles. The van der Waals surface area contributed by atoms with Crippen LogP contribution in [0.15, 0.2) is 36.7 Å². The minimum atomic E-state index is 0.556. The number of anilines is 1. The number of nitrogens with zero attached hydrogens (tertiary/aromatic N) is 3. The molecular formula is C16H22N4O. The van der Waals surface area contributed by atoms with E-state index in [-0.39, 0.29) is 0 Å². The summed E-state index contributed by atoms with van der Waals surface area (Å²) in [5, 5.41) is 0. The van der Waals surface area contributed by atoms with Crippen LogP contribution < -0.4 is 15.4 Å². The van der Waals surface area contributed by atoms with E-state index in [9.17, 15) is 0 Å². The quantitative estimate of drug-likeness (QED) is 0.846. The van der Waals surface area contributed by atoms with Crippen molar-refractivity contribution in [1.82, 2.24) is 9.97 Å². The maximum Gasteiger partial charge on any atom is 0.218 e. The molecule has 5 heteroatoms. The highest BCUT2D eigenvalue weighted by molar-refractivity contribution is 5.41. The van der Waals surface area contributed by atoms with Gasteiger partial charge >= 0.3 is 0 Å². The number of benzene rings is 1. The number of hydrogen-bond acceptors (Lipinski definition) is 5. The second-order valence-corrected chi connectivity index (χ2v) is 4.94. The zero-order valence-electron chi connectivity index (χ0n) is 12.6. The summed E-state index contributed by atoms with van der Waals surface area (Å²) in [5.74, 6) is 1.46. The van der Waals surface area contributed by atoms with Crippen LogP contribution >= 0.6 is 0 Å². The Morgan fingerprint density at radius 2 is 2.00 bits per heavy atom. The maximum absolute atomic E-state index is 5.68. The van der Waals surface area contributed by atoms with Crippen LogP contribution in [0.1, 0.15) is 24.5 Å². The molecule has 0 spiro atoms. The molecular weight excluding hydrogens is 264 g/mol. The van der Waals surface area contributed by atoms with E-state index in [4.69, 9.17) is 10.5 Å². The normalized spacial score (nSPS) is 10.4. The third kappa shape index (κ3) is 4.43. The third-order valence-corrected chi connectivity index (χ3v) is 3.12. The minimum Gasteiger partial charge on any atom is -0.478 e. The first kappa shape index (κ1) is 15.3. The molecule has 2 N–H and O–H groups in total. The molecule has 1 heterocycles. The Balaban J connectivity index is 2.06. The number of aromatic nitrogens is 2. The smallest absolute Gasteiger partial charge is 0.218 e. The first-order valence-electron chi connectivity index (χ1n) is 7.16. The predicted molar refractivity (Wildman–Crippen MR) is 84.3 cm³/mol. The molecule has 0 amide bonds. The van der Waals surface area contributed by atoms with Gasteiger partial charge < -0.3 is 15.4 Å². The van der Waals surface area contributed by atoms with Crippen molar-refractivity contribution >= 4 is 5.82 Å². The molecule has 2 rings (SSSR count). The van der Waals surface area contributed by atoms with Gasteiger partial charge in [-0.1, -0.05) is 31.2 Å². The number of ether oxygens (including phenoxy) is 1. The molecule has 0 radical (unpaired) electrons. The Morgan fingerprint density at radius 1 is 1.19 bits per heavy atom. The third-order valence-electron chi connectivity index (χ3n) is 3.12. The summed E-state index contributed by atoms with van der Waals surface area (Å²) < 4.78 is 5.54. The Morgan fingerprint density at radius 3 is 2.76 bits per heavy atom. The SMILES string of the molecule is CCCOc1cc(N(C)Cc2cccc(CN)c2)ncn1. The number of hydrogen-bond donors (Lipinski definition) is 1. The van der Waals surface area contributed by atoms with Gasteiger partial charge in [-0.3, -0.25) is 0 Å². The van der Waals surface area contributed by atoms with E-state index in [1.54, 1.807) is 0 Å². The van der Waals surface area contributed by atoms with E-state index in [1.807, 2.05) is 25.2 Å². The summed E-state index contributed by atoms with van der Waals surface area (Å²) in [6.45, 7) is 4.05. The van der Waals surface area contributed by atoms with Crippen LogP contribution in [-0.4, -0.2) is 23.6 Å². The van der Waals surface area contributed by atoms with E-state index < -0.39 is 0 Å². The molecule has 1 aromatic carbocycles. The van der Waals surface area contributed by atoms with Crippen LogP contribution in [0, 0.1) is 0 Å². The van der Waals surface area contributed by atoms with Gasteiger partial charge in [0.1, 0.15) is 12.1 Å². The van der Waals surface area contributed by atoms with Crippen LogP contribution in [0.25, 0.3) is 0 Å². The van der Waals surface area contributed by atoms with E-state index in [0.717, 1.165) is 24.3 Å². The topological polar surface area (TPSA) is 64.3 Å². The van der Waals surface area contributed by atoms with Crippen molar-refractivity contribution in [3.05, 3.63) is 47.8 Å². The van der Waals surface area contributed by atoms with Crippen molar-refractivity contribution in [1.29, 1.82) is 0 Å². The molecule has 21 heavy (non-hydrogen) atoms. The fraction of sp³-hybridized carbons (Fsp3) is 0.375. The van der Waals surface area contributed by atoms with Crippen LogP contribution in [0.2, 0.25) is 0 Å². The van der Waals surface area contributed by atoms with Crippen LogP contribution in [0.3, 0.4) is 0 Å². The summed E-state index contributed by atoms with van der Waals surface area (Å²) in [7, 11) is 2.00. The standard InChI is InChI=1S/C16H22N4O/c1-3-7-21-16-9-15(18-12-19-16)20(2)11-14-6-4-5-13(8-14)10-17/h4-6,8-9,12H,3,7,10-11,17H2,1-2H3. The van der Waals surface area contributed by atoms with E-state index in [1.165, 1.54) is 11.9 Å². The van der Waals surface area contributed by atoms with Crippen molar-refractivity contribution in [2.75, 3.05) is 18.6 Å². The molecule has 0 aliphatic rings. The molecule has 0 saturated carbocycles. The first-order valence-corrected chi connectivity index (χ1v) is 7.16. The molecule has 0 saturated heterocycles. The summed E-state index contributed by atoms with van der Waals surface area (Å²) in [4.78, 5) is 10.5. The summed E-state index contributed by atoms with van der Waals surface area (Å²) >= 11 is 0. The van der Waals surface area contributed by atoms with Crippen LogP contribution in [-0.2, 0) is 13.1 Å². The molecule has 0 fully saturated rings. The average molecular weight is 286 g/mol. The van der Waals surface area contributed by atoms with Gasteiger partial charge in [0.2, 0.25) is 5.88 Å². The zero-order valence-corrected chi connectivity index (χ0v) is 12.6. The van der Waals surface area contributed by atoms with Gasteiger partial charge in [0.25, 0.3) is 0 Å². The van der Waals surface area contributed by atoms with Crippen molar-refractivity contribution in [3.8, 4) is 5.88 Å².